The van der Waals surface area contributed by atoms with Crippen molar-refractivity contribution in [2.75, 3.05) is 39.4 Å². The van der Waals surface area contributed by atoms with Crippen LogP contribution in [-0.2, 0) is 9.53 Å². The lowest BCUT2D eigenvalue weighted by Gasteiger charge is -2.33. The first-order valence-corrected chi connectivity index (χ1v) is 6.49. The Labute approximate surface area is 102 Å². The quantitative estimate of drug-likeness (QED) is 0.718. The van der Waals surface area contributed by atoms with Crippen molar-refractivity contribution in [2.45, 2.75) is 31.9 Å². The van der Waals surface area contributed by atoms with Crippen LogP contribution in [0.3, 0.4) is 0 Å². The summed E-state index contributed by atoms with van der Waals surface area (Å²) in [5, 5.41) is 9.05. The van der Waals surface area contributed by atoms with E-state index in [0.29, 0.717) is 25.7 Å². The molecule has 2 rings (SSSR count). The van der Waals surface area contributed by atoms with Crippen LogP contribution in [-0.4, -0.2) is 72.4 Å². The largest absolute Gasteiger partial charge is 0.394 e. The molecule has 0 aromatic carbocycles. The number of amides is 1. The number of morpholine rings is 1. The maximum absolute atomic E-state index is 12.1. The Hall–Kier alpha value is -0.650. The molecule has 0 aromatic heterocycles. The van der Waals surface area contributed by atoms with E-state index < -0.39 is 0 Å². The molecule has 1 unspecified atom stereocenters. The Balaban J connectivity index is 1.80. The summed E-state index contributed by atoms with van der Waals surface area (Å²) in [5.41, 5.74) is 0. The van der Waals surface area contributed by atoms with Gasteiger partial charge in [0.25, 0.3) is 0 Å². The highest BCUT2D eigenvalue weighted by molar-refractivity contribution is 5.78. The number of carbonyl (C=O) groups is 1. The van der Waals surface area contributed by atoms with Gasteiger partial charge in [0.05, 0.1) is 25.9 Å². The van der Waals surface area contributed by atoms with Crippen LogP contribution < -0.4 is 0 Å². The molecule has 1 saturated carbocycles. The molecule has 1 atom stereocenters. The van der Waals surface area contributed by atoms with Gasteiger partial charge in [-0.2, -0.15) is 0 Å². The molecule has 5 heteroatoms. The summed E-state index contributed by atoms with van der Waals surface area (Å²) in [7, 11) is 0. The zero-order valence-corrected chi connectivity index (χ0v) is 10.5. The summed E-state index contributed by atoms with van der Waals surface area (Å²) in [6.45, 7) is 5.38. The van der Waals surface area contributed by atoms with E-state index in [9.17, 15) is 4.79 Å². The average Bonchev–Trinajstić information content (AvgIpc) is 3.15. The predicted molar refractivity (Wildman–Crippen MR) is 63.7 cm³/mol. The van der Waals surface area contributed by atoms with Crippen LogP contribution in [0.15, 0.2) is 0 Å². The minimum Gasteiger partial charge on any atom is -0.394 e. The van der Waals surface area contributed by atoms with Crippen LogP contribution in [0.1, 0.15) is 19.8 Å². The molecule has 1 N–H and O–H groups in total. The molecular weight excluding hydrogens is 220 g/mol. The molecule has 1 aliphatic heterocycles. The summed E-state index contributed by atoms with van der Waals surface area (Å²) in [6, 6.07) is 0.488. The standard InChI is InChI=1S/C12H22N2O3/c1-2-14(10-3-4-10)12(16)8-13-5-6-17-11(7-13)9-15/h10-11,15H,2-9H2,1H3. The lowest BCUT2D eigenvalue weighted by Crippen LogP contribution is -2.49. The van der Waals surface area contributed by atoms with Gasteiger partial charge in [-0.25, -0.2) is 0 Å². The molecule has 0 bridgehead atoms. The van der Waals surface area contributed by atoms with Crippen molar-refractivity contribution in [3.8, 4) is 0 Å². The smallest absolute Gasteiger partial charge is 0.236 e. The van der Waals surface area contributed by atoms with E-state index in [-0.39, 0.29) is 18.6 Å². The first-order chi connectivity index (χ1) is 8.24. The Morgan fingerprint density at radius 2 is 2.29 bits per heavy atom. The fourth-order valence-electron chi connectivity index (χ4n) is 2.34. The van der Waals surface area contributed by atoms with Crippen molar-refractivity contribution < 1.29 is 14.6 Å². The van der Waals surface area contributed by atoms with Crippen LogP contribution in [0.5, 0.6) is 0 Å². The fourth-order valence-corrected chi connectivity index (χ4v) is 2.34. The molecule has 0 aromatic rings. The van der Waals surface area contributed by atoms with E-state index in [1.54, 1.807) is 0 Å². The van der Waals surface area contributed by atoms with E-state index in [0.717, 1.165) is 25.9 Å². The Bertz CT molecular complexity index is 268. The Morgan fingerprint density at radius 3 is 2.88 bits per heavy atom. The topological polar surface area (TPSA) is 53.0 Å². The predicted octanol–water partition coefficient (Wildman–Crippen LogP) is -0.310. The molecule has 2 fully saturated rings. The molecule has 5 nitrogen and oxygen atoms in total. The summed E-state index contributed by atoms with van der Waals surface area (Å²) in [6.07, 6.45) is 2.18. The third-order valence-corrected chi connectivity index (χ3v) is 3.43. The van der Waals surface area contributed by atoms with E-state index in [1.165, 1.54) is 0 Å². The number of hydrogen-bond donors (Lipinski definition) is 1. The van der Waals surface area contributed by atoms with Crippen LogP contribution in [0.4, 0.5) is 0 Å². The van der Waals surface area contributed by atoms with Crippen LogP contribution in [0.2, 0.25) is 0 Å². The van der Waals surface area contributed by atoms with E-state index in [1.807, 2.05) is 11.8 Å². The summed E-state index contributed by atoms with van der Waals surface area (Å²) >= 11 is 0. The van der Waals surface area contributed by atoms with Gasteiger partial charge in [-0.05, 0) is 19.8 Å². The lowest BCUT2D eigenvalue weighted by molar-refractivity contribution is -0.135. The van der Waals surface area contributed by atoms with Gasteiger partial charge in [-0.3, -0.25) is 9.69 Å². The van der Waals surface area contributed by atoms with Gasteiger partial charge in [0.1, 0.15) is 0 Å². The maximum Gasteiger partial charge on any atom is 0.236 e. The van der Waals surface area contributed by atoms with E-state index in [4.69, 9.17) is 9.84 Å². The zero-order chi connectivity index (χ0) is 12.3. The van der Waals surface area contributed by atoms with Crippen molar-refractivity contribution in [3.63, 3.8) is 0 Å². The molecule has 2 aliphatic rings. The number of ether oxygens (including phenoxy) is 1. The van der Waals surface area contributed by atoms with Crippen molar-refractivity contribution in [1.29, 1.82) is 0 Å². The molecule has 0 radical (unpaired) electrons. The second-order valence-corrected chi connectivity index (χ2v) is 4.82. The number of carbonyl (C=O) groups excluding carboxylic acids is 1. The van der Waals surface area contributed by atoms with Crippen LogP contribution in [0.25, 0.3) is 0 Å². The van der Waals surface area contributed by atoms with Crippen LogP contribution in [0, 0.1) is 0 Å². The molecule has 1 heterocycles. The summed E-state index contributed by atoms with van der Waals surface area (Å²) < 4.78 is 5.37. The number of aliphatic hydroxyl groups excluding tert-OH is 1. The van der Waals surface area contributed by atoms with Gasteiger partial charge in [-0.15, -0.1) is 0 Å². The van der Waals surface area contributed by atoms with E-state index >= 15 is 0 Å². The molecule has 1 amide bonds. The normalized spacial score (nSPS) is 25.9. The van der Waals surface area contributed by atoms with Crippen LogP contribution >= 0.6 is 0 Å². The molecular formula is C12H22N2O3. The molecule has 1 saturated heterocycles. The minimum atomic E-state index is -0.132. The highest BCUT2D eigenvalue weighted by atomic mass is 16.5. The third kappa shape index (κ3) is 3.40. The van der Waals surface area contributed by atoms with E-state index in [2.05, 4.69) is 4.90 Å². The lowest BCUT2D eigenvalue weighted by atomic mass is 10.2. The highest BCUT2D eigenvalue weighted by Crippen LogP contribution is 2.26. The second-order valence-electron chi connectivity index (χ2n) is 4.82. The number of rotatable bonds is 5. The Morgan fingerprint density at radius 1 is 1.53 bits per heavy atom. The number of hydrogen-bond acceptors (Lipinski definition) is 4. The van der Waals surface area contributed by atoms with Gasteiger partial charge in [0.15, 0.2) is 0 Å². The first-order valence-electron chi connectivity index (χ1n) is 6.49. The second kappa shape index (κ2) is 5.80. The SMILES string of the molecule is CCN(C(=O)CN1CCOC(CO)C1)C1CC1. The molecule has 1 aliphatic carbocycles. The van der Waals surface area contributed by atoms with Gasteiger partial charge >= 0.3 is 0 Å². The van der Waals surface area contributed by atoms with Gasteiger partial charge in [-0.1, -0.05) is 0 Å². The van der Waals surface area contributed by atoms with Gasteiger partial charge in [0, 0.05) is 25.7 Å². The first kappa shape index (κ1) is 12.8. The highest BCUT2D eigenvalue weighted by Gasteiger charge is 2.32. The molecule has 98 valence electrons. The number of likely N-dealkylation sites (N-methyl/N-ethyl adjacent to an activating group) is 1. The monoisotopic (exact) mass is 242 g/mol. The maximum atomic E-state index is 12.1. The molecule has 0 spiro atoms. The number of nitrogens with zero attached hydrogens (tertiary/aromatic N) is 2. The number of aliphatic hydroxyl groups is 1. The summed E-state index contributed by atoms with van der Waals surface area (Å²) in [4.78, 5) is 16.2. The van der Waals surface area contributed by atoms with Crippen molar-refractivity contribution >= 4 is 5.91 Å². The third-order valence-electron chi connectivity index (χ3n) is 3.43. The van der Waals surface area contributed by atoms with Gasteiger partial charge < -0.3 is 14.7 Å². The summed E-state index contributed by atoms with van der Waals surface area (Å²) in [5.74, 6) is 0.216. The zero-order valence-electron chi connectivity index (χ0n) is 10.5. The average molecular weight is 242 g/mol. The fraction of sp³-hybridized carbons (Fsp3) is 0.917. The van der Waals surface area contributed by atoms with Crippen molar-refractivity contribution in [2.24, 2.45) is 0 Å². The van der Waals surface area contributed by atoms with Gasteiger partial charge in [0.2, 0.25) is 5.91 Å². The van der Waals surface area contributed by atoms with Crippen molar-refractivity contribution in [1.82, 2.24) is 9.80 Å². The minimum absolute atomic E-state index is 0.0325. The van der Waals surface area contributed by atoms with Crippen molar-refractivity contribution in [3.05, 3.63) is 0 Å². The molecule has 17 heavy (non-hydrogen) atoms. The Kier molecular flexibility index (Phi) is 4.36.